The Morgan fingerprint density at radius 1 is 1.44 bits per heavy atom. The first-order valence-electron chi connectivity index (χ1n) is 6.14. The van der Waals surface area contributed by atoms with E-state index in [9.17, 15) is 14.3 Å². The van der Waals surface area contributed by atoms with Gasteiger partial charge in [-0.25, -0.2) is 4.39 Å². The molecule has 2 atom stereocenters. The van der Waals surface area contributed by atoms with Crippen molar-refractivity contribution in [2.24, 2.45) is 5.92 Å². The molecule has 0 radical (unpaired) electrons. The van der Waals surface area contributed by atoms with Crippen LogP contribution in [0, 0.1) is 18.7 Å². The van der Waals surface area contributed by atoms with Crippen molar-refractivity contribution in [3.63, 3.8) is 0 Å². The van der Waals surface area contributed by atoms with Crippen LogP contribution in [0.4, 0.5) is 4.39 Å². The summed E-state index contributed by atoms with van der Waals surface area (Å²) >= 11 is 0. The summed E-state index contributed by atoms with van der Waals surface area (Å²) in [6.45, 7) is 3.56. The molecule has 100 valence electrons. The number of benzene rings is 1. The van der Waals surface area contributed by atoms with Crippen molar-refractivity contribution >= 4 is 5.97 Å². The Kier molecular flexibility index (Phi) is 5.28. The molecule has 0 aliphatic rings. The van der Waals surface area contributed by atoms with Gasteiger partial charge in [-0.3, -0.25) is 4.79 Å². The van der Waals surface area contributed by atoms with Crippen molar-refractivity contribution in [3.05, 3.63) is 35.1 Å². The van der Waals surface area contributed by atoms with Crippen molar-refractivity contribution < 1.29 is 19.4 Å². The van der Waals surface area contributed by atoms with Crippen molar-refractivity contribution in [2.45, 2.75) is 39.2 Å². The van der Waals surface area contributed by atoms with Crippen LogP contribution >= 0.6 is 0 Å². The first-order valence-corrected chi connectivity index (χ1v) is 6.14. The maximum Gasteiger partial charge on any atom is 0.309 e. The first kappa shape index (κ1) is 14.6. The number of hydrogen-bond acceptors (Lipinski definition) is 2. The fourth-order valence-electron chi connectivity index (χ4n) is 1.92. The van der Waals surface area contributed by atoms with Crippen LogP contribution in [0.1, 0.15) is 43.4 Å². The maximum absolute atomic E-state index is 13.1. The second kappa shape index (κ2) is 6.50. The molecule has 0 bridgehead atoms. The summed E-state index contributed by atoms with van der Waals surface area (Å²) < 4.78 is 13.1. The standard InChI is InChI=1S/C14H19FO3/c1-3-4-5-11(14(17)18)13(16)10-6-7-12(15)9(2)8-10/h6-8,11,13,16H,3-5H2,1-2H3,(H,17,18). The predicted octanol–water partition coefficient (Wildman–Crippen LogP) is 3.06. The molecule has 18 heavy (non-hydrogen) atoms. The van der Waals surface area contributed by atoms with E-state index < -0.39 is 18.0 Å². The fourth-order valence-corrected chi connectivity index (χ4v) is 1.92. The predicted molar refractivity (Wildman–Crippen MR) is 66.7 cm³/mol. The van der Waals surface area contributed by atoms with Gasteiger partial charge in [-0.15, -0.1) is 0 Å². The first-order chi connectivity index (χ1) is 8.47. The quantitative estimate of drug-likeness (QED) is 0.820. The van der Waals surface area contributed by atoms with Gasteiger partial charge < -0.3 is 10.2 Å². The lowest BCUT2D eigenvalue weighted by Gasteiger charge is -2.19. The van der Waals surface area contributed by atoms with Crippen LogP contribution in [0.3, 0.4) is 0 Å². The number of aryl methyl sites for hydroxylation is 1. The lowest BCUT2D eigenvalue weighted by Crippen LogP contribution is -2.22. The monoisotopic (exact) mass is 254 g/mol. The smallest absolute Gasteiger partial charge is 0.309 e. The van der Waals surface area contributed by atoms with Gasteiger partial charge in [0, 0.05) is 0 Å². The molecule has 3 nitrogen and oxygen atoms in total. The number of aliphatic hydroxyl groups is 1. The van der Waals surface area contributed by atoms with Crippen molar-refractivity contribution in [2.75, 3.05) is 0 Å². The van der Waals surface area contributed by atoms with Crippen LogP contribution in [0.2, 0.25) is 0 Å². The topological polar surface area (TPSA) is 57.5 Å². The van der Waals surface area contributed by atoms with E-state index in [0.29, 0.717) is 17.5 Å². The Bertz CT molecular complexity index is 418. The average Bonchev–Trinajstić information content (AvgIpc) is 2.32. The zero-order valence-corrected chi connectivity index (χ0v) is 10.7. The van der Waals surface area contributed by atoms with E-state index in [0.717, 1.165) is 12.8 Å². The fraction of sp³-hybridized carbons (Fsp3) is 0.500. The molecule has 0 saturated heterocycles. The molecule has 1 rings (SSSR count). The summed E-state index contributed by atoms with van der Waals surface area (Å²) in [5.74, 6) is -2.21. The summed E-state index contributed by atoms with van der Waals surface area (Å²) in [6, 6.07) is 4.20. The second-order valence-corrected chi connectivity index (χ2v) is 4.54. The molecule has 4 heteroatoms. The van der Waals surface area contributed by atoms with Crippen molar-refractivity contribution in [3.8, 4) is 0 Å². The molecular weight excluding hydrogens is 235 g/mol. The molecule has 2 N–H and O–H groups in total. The highest BCUT2D eigenvalue weighted by atomic mass is 19.1. The lowest BCUT2D eigenvalue weighted by molar-refractivity contribution is -0.146. The third-order valence-electron chi connectivity index (χ3n) is 3.09. The van der Waals surface area contributed by atoms with Gasteiger partial charge in [0.25, 0.3) is 0 Å². The van der Waals surface area contributed by atoms with Gasteiger partial charge in [0.05, 0.1) is 12.0 Å². The van der Waals surface area contributed by atoms with E-state index in [1.165, 1.54) is 18.2 Å². The van der Waals surface area contributed by atoms with Gasteiger partial charge in [0.1, 0.15) is 5.82 Å². The van der Waals surface area contributed by atoms with E-state index in [2.05, 4.69) is 0 Å². The Hall–Kier alpha value is -1.42. The van der Waals surface area contributed by atoms with Crippen LogP contribution in [-0.2, 0) is 4.79 Å². The van der Waals surface area contributed by atoms with E-state index in [-0.39, 0.29) is 5.82 Å². The number of rotatable bonds is 6. The minimum Gasteiger partial charge on any atom is -0.481 e. The van der Waals surface area contributed by atoms with Gasteiger partial charge in [0.15, 0.2) is 0 Å². The number of hydrogen-bond donors (Lipinski definition) is 2. The SMILES string of the molecule is CCCCC(C(=O)O)C(O)c1ccc(F)c(C)c1. The molecule has 1 aromatic rings. The minimum absolute atomic E-state index is 0.355. The number of unbranched alkanes of at least 4 members (excludes halogenated alkanes) is 1. The molecule has 0 aromatic heterocycles. The molecule has 0 aliphatic carbocycles. The number of carbonyl (C=O) groups is 1. The third kappa shape index (κ3) is 3.53. The number of aliphatic carboxylic acids is 1. The molecule has 2 unspecified atom stereocenters. The molecule has 0 heterocycles. The van der Waals surface area contributed by atoms with E-state index in [1.54, 1.807) is 6.92 Å². The Labute approximate surface area is 106 Å². The highest BCUT2D eigenvalue weighted by Gasteiger charge is 2.27. The number of carboxylic acids is 1. The molecule has 0 amide bonds. The molecule has 1 aromatic carbocycles. The summed E-state index contributed by atoms with van der Waals surface area (Å²) in [5.41, 5.74) is 0.864. The van der Waals surface area contributed by atoms with Gasteiger partial charge in [0.2, 0.25) is 0 Å². The molecule has 0 aliphatic heterocycles. The van der Waals surface area contributed by atoms with E-state index in [1.807, 2.05) is 6.92 Å². The van der Waals surface area contributed by atoms with Crippen LogP contribution < -0.4 is 0 Å². The average molecular weight is 254 g/mol. The number of aliphatic hydroxyl groups excluding tert-OH is 1. The van der Waals surface area contributed by atoms with Crippen LogP contribution in [0.15, 0.2) is 18.2 Å². The summed E-state index contributed by atoms with van der Waals surface area (Å²) in [5, 5.41) is 19.2. The van der Waals surface area contributed by atoms with Crippen molar-refractivity contribution in [1.82, 2.24) is 0 Å². The van der Waals surface area contributed by atoms with Gasteiger partial charge in [-0.2, -0.15) is 0 Å². The highest BCUT2D eigenvalue weighted by molar-refractivity contribution is 5.71. The minimum atomic E-state index is -1.09. The summed E-state index contributed by atoms with van der Waals surface area (Å²) in [6.07, 6.45) is 0.949. The van der Waals surface area contributed by atoms with Gasteiger partial charge >= 0.3 is 5.97 Å². The van der Waals surface area contributed by atoms with E-state index >= 15 is 0 Å². The zero-order valence-electron chi connectivity index (χ0n) is 10.7. The highest BCUT2D eigenvalue weighted by Crippen LogP contribution is 2.27. The molecule has 0 saturated carbocycles. The lowest BCUT2D eigenvalue weighted by atomic mass is 9.90. The van der Waals surface area contributed by atoms with Gasteiger partial charge in [-0.1, -0.05) is 31.9 Å². The summed E-state index contributed by atoms with van der Waals surface area (Å²) in [4.78, 5) is 11.1. The second-order valence-electron chi connectivity index (χ2n) is 4.54. The molecular formula is C14H19FO3. The van der Waals surface area contributed by atoms with Crippen LogP contribution in [0.25, 0.3) is 0 Å². The molecule has 0 fully saturated rings. The van der Waals surface area contributed by atoms with Crippen LogP contribution in [-0.4, -0.2) is 16.2 Å². The maximum atomic E-state index is 13.1. The van der Waals surface area contributed by atoms with Crippen molar-refractivity contribution in [1.29, 1.82) is 0 Å². The van der Waals surface area contributed by atoms with Crippen LogP contribution in [0.5, 0.6) is 0 Å². The normalized spacial score (nSPS) is 14.2. The molecule has 0 spiro atoms. The van der Waals surface area contributed by atoms with E-state index in [4.69, 9.17) is 5.11 Å². The van der Waals surface area contributed by atoms with Gasteiger partial charge in [-0.05, 0) is 30.5 Å². The largest absolute Gasteiger partial charge is 0.481 e. The Morgan fingerprint density at radius 3 is 2.61 bits per heavy atom. The Balaban J connectivity index is 2.90. The Morgan fingerprint density at radius 2 is 2.11 bits per heavy atom. The number of carboxylic acid groups (broad SMARTS) is 1. The zero-order chi connectivity index (χ0) is 13.7. The summed E-state index contributed by atoms with van der Waals surface area (Å²) in [7, 11) is 0. The third-order valence-corrected chi connectivity index (χ3v) is 3.09. The number of halogens is 1.